The summed E-state index contributed by atoms with van der Waals surface area (Å²) < 4.78 is 37.0. The first-order valence-electron chi connectivity index (χ1n) is 5.44. The molecule has 0 amide bonds. The minimum absolute atomic E-state index is 0.268. The van der Waals surface area contributed by atoms with E-state index in [1.165, 1.54) is 0 Å². The lowest BCUT2D eigenvalue weighted by molar-refractivity contribution is -0.185. The molecular formula is C10H18F3NS. The van der Waals surface area contributed by atoms with E-state index < -0.39 is 12.1 Å². The van der Waals surface area contributed by atoms with Crippen LogP contribution in [-0.4, -0.2) is 36.5 Å². The second-order valence-corrected chi connectivity index (χ2v) is 4.54. The molecule has 1 aliphatic heterocycles. The van der Waals surface area contributed by atoms with Gasteiger partial charge in [0.15, 0.2) is 0 Å². The number of piperidine rings is 1. The number of alkyl halides is 3. The summed E-state index contributed by atoms with van der Waals surface area (Å²) in [5.41, 5.74) is 0. The largest absolute Gasteiger partial charge is 0.391 e. The van der Waals surface area contributed by atoms with Crippen LogP contribution in [0.4, 0.5) is 13.2 Å². The van der Waals surface area contributed by atoms with Gasteiger partial charge in [0.25, 0.3) is 0 Å². The normalized spacial score (nSPS) is 20.8. The summed E-state index contributed by atoms with van der Waals surface area (Å²) in [5, 5.41) is 0. The van der Waals surface area contributed by atoms with E-state index in [4.69, 9.17) is 0 Å². The van der Waals surface area contributed by atoms with Crippen LogP contribution < -0.4 is 0 Å². The fourth-order valence-corrected chi connectivity index (χ4v) is 2.15. The van der Waals surface area contributed by atoms with Crippen LogP contribution in [0.2, 0.25) is 0 Å². The van der Waals surface area contributed by atoms with Crippen LogP contribution >= 0.6 is 12.6 Å². The molecule has 1 fully saturated rings. The zero-order valence-corrected chi connectivity index (χ0v) is 9.66. The lowest BCUT2D eigenvalue weighted by Gasteiger charge is -2.32. The fourth-order valence-electron chi connectivity index (χ4n) is 1.93. The molecule has 0 unspecified atom stereocenters. The van der Waals surface area contributed by atoms with Crippen LogP contribution in [0.1, 0.15) is 25.7 Å². The Bertz CT molecular complexity index is 176. The molecule has 0 aromatic rings. The highest BCUT2D eigenvalue weighted by molar-refractivity contribution is 7.80. The summed E-state index contributed by atoms with van der Waals surface area (Å²) in [6, 6.07) is 0. The molecule has 1 rings (SSSR count). The molecule has 0 bridgehead atoms. The van der Waals surface area contributed by atoms with Crippen molar-refractivity contribution in [2.75, 3.05) is 25.4 Å². The summed E-state index contributed by atoms with van der Waals surface area (Å²) in [6.45, 7) is 2.11. The molecule has 0 aromatic heterocycles. The maximum absolute atomic E-state index is 12.3. The molecule has 0 saturated carbocycles. The van der Waals surface area contributed by atoms with Gasteiger partial charge in [0.2, 0.25) is 0 Å². The van der Waals surface area contributed by atoms with Crippen molar-refractivity contribution in [2.45, 2.75) is 31.9 Å². The number of rotatable bonds is 4. The lowest BCUT2D eigenvalue weighted by Crippen LogP contribution is -2.39. The van der Waals surface area contributed by atoms with Crippen LogP contribution in [0.15, 0.2) is 0 Å². The van der Waals surface area contributed by atoms with Crippen LogP contribution in [0, 0.1) is 5.92 Å². The third-order valence-electron chi connectivity index (χ3n) is 2.93. The number of unbranched alkanes of at least 4 members (excludes halogenated alkanes) is 1. The Morgan fingerprint density at radius 2 is 1.73 bits per heavy atom. The smallest absolute Gasteiger partial charge is 0.303 e. The van der Waals surface area contributed by atoms with Gasteiger partial charge in [-0.15, -0.1) is 0 Å². The van der Waals surface area contributed by atoms with Crippen molar-refractivity contribution in [3.05, 3.63) is 0 Å². The van der Waals surface area contributed by atoms with E-state index in [0.717, 1.165) is 25.1 Å². The van der Waals surface area contributed by atoms with Crippen LogP contribution in [0.5, 0.6) is 0 Å². The molecule has 0 aromatic carbocycles. The number of nitrogens with zero attached hydrogens (tertiary/aromatic N) is 1. The minimum Gasteiger partial charge on any atom is -0.303 e. The van der Waals surface area contributed by atoms with E-state index in [2.05, 4.69) is 17.5 Å². The first-order chi connectivity index (χ1) is 7.04. The fraction of sp³-hybridized carbons (Fsp3) is 1.00. The maximum atomic E-state index is 12.3. The SMILES string of the molecule is FC(F)(F)C1CCN(CCCCS)CC1. The maximum Gasteiger partial charge on any atom is 0.391 e. The molecule has 0 N–H and O–H groups in total. The number of hydrogen-bond donors (Lipinski definition) is 1. The number of likely N-dealkylation sites (tertiary alicyclic amines) is 1. The van der Waals surface area contributed by atoms with Crippen LogP contribution in [0.3, 0.4) is 0 Å². The second kappa shape index (κ2) is 5.99. The predicted molar refractivity (Wildman–Crippen MR) is 58.3 cm³/mol. The Balaban J connectivity index is 2.18. The van der Waals surface area contributed by atoms with Crippen molar-refractivity contribution in [3.8, 4) is 0 Å². The Hall–Kier alpha value is 0.100. The summed E-state index contributed by atoms with van der Waals surface area (Å²) >= 11 is 4.10. The van der Waals surface area contributed by atoms with Crippen molar-refractivity contribution in [3.63, 3.8) is 0 Å². The first kappa shape index (κ1) is 13.2. The molecule has 5 heteroatoms. The van der Waals surface area contributed by atoms with E-state index in [-0.39, 0.29) is 12.8 Å². The van der Waals surface area contributed by atoms with Gasteiger partial charge < -0.3 is 4.90 Å². The summed E-state index contributed by atoms with van der Waals surface area (Å²) in [4.78, 5) is 2.13. The van der Waals surface area contributed by atoms with Gasteiger partial charge in [0, 0.05) is 0 Å². The second-order valence-electron chi connectivity index (χ2n) is 4.09. The van der Waals surface area contributed by atoms with Crippen molar-refractivity contribution < 1.29 is 13.2 Å². The van der Waals surface area contributed by atoms with Crippen molar-refractivity contribution in [1.82, 2.24) is 4.90 Å². The van der Waals surface area contributed by atoms with E-state index in [9.17, 15) is 13.2 Å². The Labute approximate surface area is 94.4 Å². The first-order valence-corrected chi connectivity index (χ1v) is 6.07. The van der Waals surface area contributed by atoms with Gasteiger partial charge in [-0.2, -0.15) is 25.8 Å². The van der Waals surface area contributed by atoms with Gasteiger partial charge >= 0.3 is 6.18 Å². The molecule has 1 heterocycles. The van der Waals surface area contributed by atoms with Gasteiger partial charge in [0.05, 0.1) is 5.92 Å². The van der Waals surface area contributed by atoms with Gasteiger partial charge in [-0.1, -0.05) is 0 Å². The molecule has 1 nitrogen and oxygen atoms in total. The van der Waals surface area contributed by atoms with E-state index in [0.29, 0.717) is 13.1 Å². The zero-order chi connectivity index (χ0) is 11.3. The standard InChI is InChI=1S/C10H18F3NS/c11-10(12,13)9-3-6-14(7-4-9)5-1-2-8-15/h9,15H,1-8H2. The third kappa shape index (κ3) is 4.64. The van der Waals surface area contributed by atoms with Gasteiger partial charge in [-0.05, 0) is 51.1 Å². The van der Waals surface area contributed by atoms with Gasteiger partial charge in [-0.25, -0.2) is 0 Å². The molecule has 15 heavy (non-hydrogen) atoms. The molecule has 0 spiro atoms. The van der Waals surface area contributed by atoms with Crippen molar-refractivity contribution in [1.29, 1.82) is 0 Å². The number of hydrogen-bond acceptors (Lipinski definition) is 2. The average Bonchev–Trinajstić information content (AvgIpc) is 2.18. The molecule has 1 saturated heterocycles. The van der Waals surface area contributed by atoms with Crippen molar-refractivity contribution in [2.24, 2.45) is 5.92 Å². The molecule has 90 valence electrons. The molecular weight excluding hydrogens is 223 g/mol. The highest BCUT2D eigenvalue weighted by Crippen LogP contribution is 2.33. The predicted octanol–water partition coefficient (Wildman–Crippen LogP) is 2.97. The monoisotopic (exact) mass is 241 g/mol. The number of thiol groups is 1. The Kier molecular flexibility index (Phi) is 5.26. The highest BCUT2D eigenvalue weighted by atomic mass is 32.1. The summed E-state index contributed by atoms with van der Waals surface area (Å²) in [6.07, 6.45) is -1.37. The quantitative estimate of drug-likeness (QED) is 0.585. The lowest BCUT2D eigenvalue weighted by atomic mass is 9.96. The van der Waals surface area contributed by atoms with E-state index in [1.54, 1.807) is 0 Å². The Morgan fingerprint density at radius 3 is 2.20 bits per heavy atom. The van der Waals surface area contributed by atoms with E-state index in [1.807, 2.05) is 0 Å². The Morgan fingerprint density at radius 1 is 1.13 bits per heavy atom. The summed E-state index contributed by atoms with van der Waals surface area (Å²) in [5.74, 6) is -0.211. The third-order valence-corrected chi connectivity index (χ3v) is 3.25. The molecule has 1 aliphatic rings. The minimum atomic E-state index is -3.99. The average molecular weight is 241 g/mol. The van der Waals surface area contributed by atoms with Gasteiger partial charge in [0.1, 0.15) is 0 Å². The zero-order valence-electron chi connectivity index (χ0n) is 8.76. The van der Waals surface area contributed by atoms with Gasteiger partial charge in [-0.3, -0.25) is 0 Å². The molecule has 0 aliphatic carbocycles. The van der Waals surface area contributed by atoms with E-state index >= 15 is 0 Å². The summed E-state index contributed by atoms with van der Waals surface area (Å²) in [7, 11) is 0. The molecule has 0 atom stereocenters. The highest BCUT2D eigenvalue weighted by Gasteiger charge is 2.40. The van der Waals surface area contributed by atoms with Crippen LogP contribution in [0.25, 0.3) is 0 Å². The van der Waals surface area contributed by atoms with Crippen LogP contribution in [-0.2, 0) is 0 Å². The molecule has 0 radical (unpaired) electrons. The topological polar surface area (TPSA) is 3.24 Å². The van der Waals surface area contributed by atoms with Crippen molar-refractivity contribution >= 4 is 12.6 Å². The number of halogens is 3.